The Morgan fingerprint density at radius 1 is 1.06 bits per heavy atom. The predicted molar refractivity (Wildman–Crippen MR) is 117 cm³/mol. The smallest absolute Gasteiger partial charge is 0.416 e. The Balaban J connectivity index is 1.69. The summed E-state index contributed by atoms with van der Waals surface area (Å²) in [7, 11) is 0. The summed E-state index contributed by atoms with van der Waals surface area (Å²) >= 11 is 6.58. The van der Waals surface area contributed by atoms with Crippen molar-refractivity contribution in [3.63, 3.8) is 0 Å². The van der Waals surface area contributed by atoms with Crippen molar-refractivity contribution in [2.24, 2.45) is 0 Å². The molecule has 0 fully saturated rings. The van der Waals surface area contributed by atoms with Crippen LogP contribution < -0.4 is 9.68 Å². The number of hydrogen-bond donors (Lipinski definition) is 0. The number of benzene rings is 3. The first-order chi connectivity index (χ1) is 15.2. The molecule has 1 heterocycles. The van der Waals surface area contributed by atoms with Gasteiger partial charge in [-0.3, -0.25) is 0 Å². The highest BCUT2D eigenvalue weighted by Gasteiger charge is 2.30. The summed E-state index contributed by atoms with van der Waals surface area (Å²) in [6.45, 7) is 0. The second kappa shape index (κ2) is 8.64. The summed E-state index contributed by atoms with van der Waals surface area (Å²) in [5.74, 6) is -0.641. The number of rotatable bonds is 4. The van der Waals surface area contributed by atoms with Crippen LogP contribution in [0.15, 0.2) is 76.0 Å². The van der Waals surface area contributed by atoms with Crippen LogP contribution in [0.25, 0.3) is 27.5 Å². The minimum absolute atomic E-state index is 0.0627. The fourth-order valence-corrected chi connectivity index (χ4v) is 3.83. The molecule has 162 valence electrons. The normalized spacial score (nSPS) is 11.9. The first-order valence-corrected chi connectivity index (χ1v) is 10.3. The van der Waals surface area contributed by atoms with E-state index in [1.54, 1.807) is 24.3 Å². The lowest BCUT2D eigenvalue weighted by atomic mass is 10.0. The minimum atomic E-state index is -4.54. The highest BCUT2D eigenvalue weighted by Crippen LogP contribution is 2.37. The van der Waals surface area contributed by atoms with E-state index in [0.29, 0.717) is 9.72 Å². The molecule has 1 aromatic heterocycles. The van der Waals surface area contributed by atoms with Gasteiger partial charge in [0, 0.05) is 22.7 Å². The number of halogens is 4. The van der Waals surface area contributed by atoms with E-state index in [1.807, 2.05) is 0 Å². The number of hydrogen-bond acceptors (Lipinski definition) is 5. The molecule has 4 aromatic rings. The van der Waals surface area contributed by atoms with Crippen molar-refractivity contribution in [3.05, 3.63) is 92.6 Å². The monoisotopic (exact) mass is 476 g/mol. The number of esters is 1. The van der Waals surface area contributed by atoms with Crippen LogP contribution >= 0.6 is 22.9 Å². The number of carbonyl (C=O) groups excluding carboxylic acids is 1. The molecule has 0 atom stereocenters. The molecule has 4 rings (SSSR count). The summed E-state index contributed by atoms with van der Waals surface area (Å²) in [5, 5.41) is 0.555. The summed E-state index contributed by atoms with van der Waals surface area (Å²) in [6.07, 6.45) is -1.81. The third-order valence-electron chi connectivity index (χ3n) is 4.41. The lowest BCUT2D eigenvalue weighted by molar-refractivity contribution is -0.137. The lowest BCUT2D eigenvalue weighted by Crippen LogP contribution is -2.05. The van der Waals surface area contributed by atoms with Crippen LogP contribution in [-0.4, -0.2) is 5.97 Å². The van der Waals surface area contributed by atoms with Crippen LogP contribution in [0.5, 0.6) is 5.75 Å². The Morgan fingerprint density at radius 2 is 1.81 bits per heavy atom. The molecule has 0 saturated heterocycles. The molecule has 0 aliphatic carbocycles. The van der Waals surface area contributed by atoms with Crippen LogP contribution in [0.2, 0.25) is 5.02 Å². The Bertz CT molecular complexity index is 1390. The van der Waals surface area contributed by atoms with E-state index < -0.39 is 22.6 Å². The second-order valence-electron chi connectivity index (χ2n) is 6.64. The first kappa shape index (κ1) is 21.9. The van der Waals surface area contributed by atoms with Gasteiger partial charge in [0.05, 0.1) is 10.3 Å². The molecule has 0 bridgehead atoms. The van der Waals surface area contributed by atoms with Crippen LogP contribution in [-0.2, 0) is 11.0 Å². The van der Waals surface area contributed by atoms with Gasteiger partial charge in [0.25, 0.3) is 0 Å². The molecule has 0 aliphatic rings. The molecule has 32 heavy (non-hydrogen) atoms. The largest absolute Gasteiger partial charge is 0.423 e. The van der Waals surface area contributed by atoms with Crippen LogP contribution in [0.3, 0.4) is 0 Å². The van der Waals surface area contributed by atoms with Crippen molar-refractivity contribution < 1.29 is 27.1 Å². The minimum Gasteiger partial charge on any atom is -0.423 e. The fourth-order valence-electron chi connectivity index (χ4n) is 2.98. The number of ether oxygens (including phenoxy) is 1. The Morgan fingerprint density at radius 3 is 2.53 bits per heavy atom. The highest BCUT2D eigenvalue weighted by atomic mass is 35.5. The second-order valence-corrected chi connectivity index (χ2v) is 8.05. The van der Waals surface area contributed by atoms with Gasteiger partial charge in [0.15, 0.2) is 5.58 Å². The molecule has 0 saturated carbocycles. The topological polar surface area (TPSA) is 56.5 Å². The fraction of sp³-hybridized carbons (Fsp3) is 0.0435. The third kappa shape index (κ3) is 4.92. The molecule has 4 nitrogen and oxygen atoms in total. The van der Waals surface area contributed by atoms with E-state index in [-0.39, 0.29) is 22.5 Å². The van der Waals surface area contributed by atoms with E-state index in [1.165, 1.54) is 36.4 Å². The molecule has 9 heteroatoms. The average Bonchev–Trinajstić information content (AvgIpc) is 3.12. The lowest BCUT2D eigenvalue weighted by Gasteiger charge is -2.10. The van der Waals surface area contributed by atoms with Gasteiger partial charge in [-0.15, -0.1) is 0 Å². The average molecular weight is 477 g/mol. The summed E-state index contributed by atoms with van der Waals surface area (Å²) in [4.78, 5) is 23.4. The van der Waals surface area contributed by atoms with Crippen LogP contribution in [0, 0.1) is 0 Å². The maximum Gasteiger partial charge on any atom is 0.416 e. The van der Waals surface area contributed by atoms with E-state index in [2.05, 4.69) is 0 Å². The van der Waals surface area contributed by atoms with Crippen molar-refractivity contribution in [1.82, 2.24) is 0 Å². The Kier molecular flexibility index (Phi) is 5.90. The third-order valence-corrected chi connectivity index (χ3v) is 5.43. The van der Waals surface area contributed by atoms with Crippen molar-refractivity contribution in [2.45, 2.75) is 6.18 Å². The zero-order valence-corrected chi connectivity index (χ0v) is 17.6. The van der Waals surface area contributed by atoms with Gasteiger partial charge >= 0.3 is 17.1 Å². The molecule has 3 aromatic carbocycles. The van der Waals surface area contributed by atoms with Gasteiger partial charge in [0.2, 0.25) is 0 Å². The van der Waals surface area contributed by atoms with E-state index in [9.17, 15) is 22.8 Å². The van der Waals surface area contributed by atoms with Crippen molar-refractivity contribution in [1.29, 1.82) is 0 Å². The Hall–Kier alpha value is -3.36. The molecular formula is C23H12ClF3O4S. The zero-order chi connectivity index (χ0) is 22.9. The molecule has 0 spiro atoms. The maximum atomic E-state index is 13.1. The molecular weight excluding hydrogens is 465 g/mol. The molecule has 0 unspecified atom stereocenters. The number of alkyl halides is 3. The quantitative estimate of drug-likeness (QED) is 0.184. The first-order valence-electron chi connectivity index (χ1n) is 9.10. The van der Waals surface area contributed by atoms with Crippen LogP contribution in [0.1, 0.15) is 11.1 Å². The molecule has 0 amide bonds. The maximum absolute atomic E-state index is 13.1. The molecule has 0 N–H and O–H groups in total. The SMILES string of the molecule is O=C(C=Cc1ccc(Cl)cc1)Oc1cc(-c2cccc(C(F)(F)F)c2)c2oc(=O)sc2c1. The van der Waals surface area contributed by atoms with E-state index >= 15 is 0 Å². The number of fused-ring (bicyclic) bond motifs is 1. The van der Waals surface area contributed by atoms with Gasteiger partial charge in [-0.25, -0.2) is 9.59 Å². The standard InChI is InChI=1S/C23H12ClF3O4S/c24-16-7-4-13(5-8-16)6-9-20(28)30-17-11-18(21-19(12-17)32-22(29)31-21)14-2-1-3-15(10-14)23(25,26)27/h1-12H. The number of carbonyl (C=O) groups is 1. The summed E-state index contributed by atoms with van der Waals surface area (Å²) in [5.41, 5.74) is 0.363. The van der Waals surface area contributed by atoms with E-state index in [0.717, 1.165) is 29.0 Å². The summed E-state index contributed by atoms with van der Waals surface area (Å²) < 4.78 is 50.3. The molecule has 0 aliphatic heterocycles. The van der Waals surface area contributed by atoms with E-state index in [4.69, 9.17) is 20.8 Å². The zero-order valence-electron chi connectivity index (χ0n) is 16.0. The van der Waals surface area contributed by atoms with Crippen molar-refractivity contribution in [2.75, 3.05) is 0 Å². The van der Waals surface area contributed by atoms with Gasteiger partial charge in [-0.05, 0) is 47.5 Å². The predicted octanol–water partition coefficient (Wildman–Crippen LogP) is 6.81. The van der Waals surface area contributed by atoms with Crippen LogP contribution in [0.4, 0.5) is 13.2 Å². The van der Waals surface area contributed by atoms with Gasteiger partial charge < -0.3 is 9.15 Å². The summed E-state index contributed by atoms with van der Waals surface area (Å²) in [6, 6.07) is 14.1. The van der Waals surface area contributed by atoms with Gasteiger partial charge in [-0.1, -0.05) is 47.2 Å². The Labute approximate surface area is 188 Å². The van der Waals surface area contributed by atoms with Gasteiger partial charge in [0.1, 0.15) is 5.75 Å². The molecule has 0 radical (unpaired) electrons. The van der Waals surface area contributed by atoms with Crippen molar-refractivity contribution >= 4 is 45.3 Å². The van der Waals surface area contributed by atoms with Crippen molar-refractivity contribution in [3.8, 4) is 16.9 Å². The highest BCUT2D eigenvalue weighted by molar-refractivity contribution is 7.16. The van der Waals surface area contributed by atoms with Gasteiger partial charge in [-0.2, -0.15) is 13.2 Å².